The van der Waals surface area contributed by atoms with E-state index in [4.69, 9.17) is 11.6 Å². The molecule has 2 N–H and O–H groups in total. The lowest BCUT2D eigenvalue weighted by molar-refractivity contribution is 0.398. The van der Waals surface area contributed by atoms with Crippen LogP contribution in [0.25, 0.3) is 0 Å². The first kappa shape index (κ1) is 11.7. The molecule has 0 spiro atoms. The van der Waals surface area contributed by atoms with Crippen LogP contribution in [0.2, 0.25) is 5.02 Å². The summed E-state index contributed by atoms with van der Waals surface area (Å²) in [5, 5.41) is 13.7. The van der Waals surface area contributed by atoms with Crippen molar-refractivity contribution in [1.29, 1.82) is 0 Å². The highest BCUT2D eigenvalue weighted by Gasteiger charge is 2.16. The highest BCUT2D eigenvalue weighted by atomic mass is 35.5. The van der Waals surface area contributed by atoms with Crippen molar-refractivity contribution in [2.75, 3.05) is 6.54 Å². The van der Waals surface area contributed by atoms with E-state index in [1.807, 2.05) is 6.92 Å². The fourth-order valence-electron chi connectivity index (χ4n) is 2.34. The molecule has 16 heavy (non-hydrogen) atoms. The highest BCUT2D eigenvalue weighted by Crippen LogP contribution is 2.30. The van der Waals surface area contributed by atoms with Gasteiger partial charge in [0.25, 0.3) is 0 Å². The predicted molar refractivity (Wildman–Crippen MR) is 67.2 cm³/mol. The third-order valence-corrected chi connectivity index (χ3v) is 3.59. The number of nitrogens with one attached hydrogen (secondary N) is 1. The molecule has 1 saturated heterocycles. The molecule has 1 aliphatic heterocycles. The number of aromatic hydroxyl groups is 1. The van der Waals surface area contributed by atoms with Crippen LogP contribution in [0.3, 0.4) is 0 Å². The number of benzene rings is 1. The maximum atomic E-state index is 9.66. The van der Waals surface area contributed by atoms with Gasteiger partial charge in [0.15, 0.2) is 0 Å². The van der Waals surface area contributed by atoms with Crippen LogP contribution in [0.15, 0.2) is 12.1 Å². The Morgan fingerprint density at radius 2 is 2.25 bits per heavy atom. The van der Waals surface area contributed by atoms with Crippen molar-refractivity contribution in [1.82, 2.24) is 5.32 Å². The topological polar surface area (TPSA) is 32.3 Å². The normalized spacial score (nSPS) is 21.0. The van der Waals surface area contributed by atoms with Gasteiger partial charge in [-0.05, 0) is 49.9 Å². The van der Waals surface area contributed by atoms with Crippen LogP contribution in [0.4, 0.5) is 0 Å². The molecule has 2 nitrogen and oxygen atoms in total. The summed E-state index contributed by atoms with van der Waals surface area (Å²) >= 11 is 6.11. The summed E-state index contributed by atoms with van der Waals surface area (Å²) in [5.41, 5.74) is 2.12. The van der Waals surface area contributed by atoms with Crippen molar-refractivity contribution in [3.05, 3.63) is 28.3 Å². The van der Waals surface area contributed by atoms with Gasteiger partial charge in [-0.2, -0.15) is 0 Å². The van der Waals surface area contributed by atoms with Crippen molar-refractivity contribution >= 4 is 11.6 Å². The smallest absolute Gasteiger partial charge is 0.134 e. The van der Waals surface area contributed by atoms with Gasteiger partial charge < -0.3 is 10.4 Å². The van der Waals surface area contributed by atoms with Crippen molar-refractivity contribution < 1.29 is 5.11 Å². The van der Waals surface area contributed by atoms with E-state index in [1.54, 1.807) is 6.07 Å². The number of halogens is 1. The summed E-state index contributed by atoms with van der Waals surface area (Å²) in [6.45, 7) is 3.08. The van der Waals surface area contributed by atoms with Gasteiger partial charge in [-0.15, -0.1) is 0 Å². The summed E-state index contributed by atoms with van der Waals surface area (Å²) in [5.74, 6) is 0.201. The van der Waals surface area contributed by atoms with E-state index in [9.17, 15) is 5.11 Å². The lowest BCUT2D eigenvalue weighted by Gasteiger charge is -2.24. The number of hydrogen-bond acceptors (Lipinski definition) is 2. The second kappa shape index (κ2) is 5.07. The lowest BCUT2D eigenvalue weighted by atomic mass is 9.97. The first-order valence-electron chi connectivity index (χ1n) is 5.88. The van der Waals surface area contributed by atoms with Crippen LogP contribution in [-0.2, 0) is 6.42 Å². The van der Waals surface area contributed by atoms with Crippen LogP contribution < -0.4 is 5.32 Å². The van der Waals surface area contributed by atoms with Crippen LogP contribution >= 0.6 is 11.6 Å². The van der Waals surface area contributed by atoms with Gasteiger partial charge in [0, 0.05) is 6.04 Å². The van der Waals surface area contributed by atoms with Crippen LogP contribution in [0.5, 0.6) is 5.75 Å². The molecule has 1 fully saturated rings. The summed E-state index contributed by atoms with van der Waals surface area (Å²) < 4.78 is 0. The molecule has 2 rings (SSSR count). The number of aryl methyl sites for hydroxylation is 1. The molecule has 88 valence electrons. The second-order valence-electron chi connectivity index (χ2n) is 4.61. The number of rotatable bonds is 2. The first-order valence-corrected chi connectivity index (χ1v) is 6.26. The van der Waals surface area contributed by atoms with E-state index in [2.05, 4.69) is 11.4 Å². The lowest BCUT2D eigenvalue weighted by Crippen LogP contribution is -2.35. The van der Waals surface area contributed by atoms with E-state index in [0.717, 1.165) is 24.1 Å². The van der Waals surface area contributed by atoms with E-state index in [-0.39, 0.29) is 5.75 Å². The van der Waals surface area contributed by atoms with Crippen molar-refractivity contribution in [2.24, 2.45) is 0 Å². The van der Waals surface area contributed by atoms with Gasteiger partial charge in [-0.25, -0.2) is 0 Å². The molecule has 3 heteroatoms. The highest BCUT2D eigenvalue weighted by molar-refractivity contribution is 6.32. The minimum atomic E-state index is 0.201. The average molecular weight is 240 g/mol. The molecule has 1 aliphatic rings. The molecule has 1 atom stereocenters. The van der Waals surface area contributed by atoms with Crippen LogP contribution in [-0.4, -0.2) is 17.7 Å². The fraction of sp³-hybridized carbons (Fsp3) is 0.538. The number of phenolic OH excluding ortho intramolecular Hbond substituents is 1. The molecule has 1 aromatic carbocycles. The quantitative estimate of drug-likeness (QED) is 0.832. The van der Waals surface area contributed by atoms with Crippen LogP contribution in [0, 0.1) is 6.92 Å². The molecule has 0 bridgehead atoms. The first-order chi connectivity index (χ1) is 7.66. The predicted octanol–water partition coefficient (Wildman–Crippen LogP) is 3.04. The minimum Gasteiger partial charge on any atom is -0.506 e. The van der Waals surface area contributed by atoms with Gasteiger partial charge in [-0.3, -0.25) is 0 Å². The molecular formula is C13H18ClNO. The maximum absolute atomic E-state index is 9.66. The fourth-order valence-corrected chi connectivity index (χ4v) is 2.52. The standard InChI is InChI=1S/C13H18ClNO/c1-9-6-10(13(14)12(16)7-9)8-11-4-2-3-5-15-11/h6-7,11,15-16H,2-5,8H2,1H3. The Hall–Kier alpha value is -0.730. The van der Waals surface area contributed by atoms with E-state index < -0.39 is 0 Å². The number of hydrogen-bond donors (Lipinski definition) is 2. The van der Waals surface area contributed by atoms with Gasteiger partial charge in [0.2, 0.25) is 0 Å². The minimum absolute atomic E-state index is 0.201. The summed E-state index contributed by atoms with van der Waals surface area (Å²) in [4.78, 5) is 0. The van der Waals surface area contributed by atoms with E-state index >= 15 is 0 Å². The summed E-state index contributed by atoms with van der Waals surface area (Å²) in [7, 11) is 0. The maximum Gasteiger partial charge on any atom is 0.134 e. The van der Waals surface area contributed by atoms with Gasteiger partial charge >= 0.3 is 0 Å². The summed E-state index contributed by atoms with van der Waals surface area (Å²) in [6, 6.07) is 4.28. The largest absolute Gasteiger partial charge is 0.506 e. The Morgan fingerprint density at radius 1 is 1.44 bits per heavy atom. The summed E-state index contributed by atoms with van der Waals surface area (Å²) in [6.07, 6.45) is 4.66. The second-order valence-corrected chi connectivity index (χ2v) is 4.99. The van der Waals surface area contributed by atoms with Gasteiger partial charge in [-0.1, -0.05) is 24.1 Å². The number of piperidine rings is 1. The zero-order valence-corrected chi connectivity index (χ0v) is 10.3. The molecule has 1 aromatic rings. The molecule has 0 aliphatic carbocycles. The van der Waals surface area contributed by atoms with Crippen molar-refractivity contribution in [3.63, 3.8) is 0 Å². The third-order valence-electron chi connectivity index (χ3n) is 3.15. The Labute approximate surface area is 102 Å². The number of phenols is 1. The van der Waals surface area contributed by atoms with E-state index in [0.29, 0.717) is 11.1 Å². The molecular weight excluding hydrogens is 222 g/mol. The molecule has 0 saturated carbocycles. The Bertz CT molecular complexity index is 372. The molecule has 0 aromatic heterocycles. The average Bonchev–Trinajstić information content (AvgIpc) is 2.27. The SMILES string of the molecule is Cc1cc(O)c(Cl)c(CC2CCCCN2)c1. The van der Waals surface area contributed by atoms with Crippen molar-refractivity contribution in [2.45, 2.75) is 38.6 Å². The molecule has 1 unspecified atom stereocenters. The van der Waals surface area contributed by atoms with Gasteiger partial charge in [0.05, 0.1) is 5.02 Å². The molecule has 1 heterocycles. The van der Waals surface area contributed by atoms with E-state index in [1.165, 1.54) is 19.3 Å². The Balaban J connectivity index is 2.13. The zero-order valence-electron chi connectivity index (χ0n) is 9.59. The zero-order chi connectivity index (χ0) is 11.5. The molecule has 0 radical (unpaired) electrons. The van der Waals surface area contributed by atoms with Gasteiger partial charge in [0.1, 0.15) is 5.75 Å². The Morgan fingerprint density at radius 3 is 2.94 bits per heavy atom. The van der Waals surface area contributed by atoms with Crippen LogP contribution in [0.1, 0.15) is 30.4 Å². The third kappa shape index (κ3) is 2.69. The Kier molecular flexibility index (Phi) is 3.72. The van der Waals surface area contributed by atoms with Crippen molar-refractivity contribution in [3.8, 4) is 5.75 Å². The monoisotopic (exact) mass is 239 g/mol. The molecule has 0 amide bonds.